The Morgan fingerprint density at radius 3 is 2.62 bits per heavy atom. The van der Waals surface area contributed by atoms with Gasteiger partial charge in [0, 0.05) is 19.2 Å². The summed E-state index contributed by atoms with van der Waals surface area (Å²) >= 11 is 0. The number of nitrogens with zero attached hydrogens (tertiary/aromatic N) is 2. The smallest absolute Gasteiger partial charge is 0.228 e. The molecule has 142 valence electrons. The van der Waals surface area contributed by atoms with Crippen molar-refractivity contribution in [1.82, 2.24) is 9.78 Å². The van der Waals surface area contributed by atoms with Crippen molar-refractivity contribution < 1.29 is 19.0 Å². The van der Waals surface area contributed by atoms with Crippen LogP contribution in [0, 0.1) is 6.92 Å². The van der Waals surface area contributed by atoms with Crippen LogP contribution in [0.4, 0.5) is 5.82 Å². The van der Waals surface area contributed by atoms with Gasteiger partial charge in [0.2, 0.25) is 5.91 Å². The number of hydrogen-bond donors (Lipinski definition) is 2. The van der Waals surface area contributed by atoms with Crippen LogP contribution in [-0.2, 0) is 16.1 Å². The van der Waals surface area contributed by atoms with Crippen LogP contribution in [0.25, 0.3) is 0 Å². The van der Waals surface area contributed by atoms with Gasteiger partial charge < -0.3 is 25.3 Å². The first-order valence-corrected chi connectivity index (χ1v) is 8.28. The first-order chi connectivity index (χ1) is 12.5. The van der Waals surface area contributed by atoms with Gasteiger partial charge in [-0.15, -0.1) is 0 Å². The van der Waals surface area contributed by atoms with Gasteiger partial charge in [-0.1, -0.05) is 6.07 Å². The Labute approximate surface area is 153 Å². The average molecular weight is 362 g/mol. The van der Waals surface area contributed by atoms with Crippen LogP contribution >= 0.6 is 0 Å². The fourth-order valence-corrected chi connectivity index (χ4v) is 2.57. The molecule has 1 atom stereocenters. The molecule has 0 saturated carbocycles. The lowest BCUT2D eigenvalue weighted by atomic mass is 10.2. The summed E-state index contributed by atoms with van der Waals surface area (Å²) in [5.74, 6) is 1.79. The van der Waals surface area contributed by atoms with Gasteiger partial charge in [-0.05, 0) is 24.6 Å². The number of aromatic nitrogens is 2. The zero-order valence-electron chi connectivity index (χ0n) is 15.6. The molecule has 0 aliphatic heterocycles. The van der Waals surface area contributed by atoms with Gasteiger partial charge in [-0.3, -0.25) is 4.79 Å². The molecule has 1 heterocycles. The van der Waals surface area contributed by atoms with E-state index in [2.05, 4.69) is 10.4 Å². The quantitative estimate of drug-likeness (QED) is 0.702. The minimum Gasteiger partial charge on any atom is -0.493 e. The second-order valence-corrected chi connectivity index (χ2v) is 5.87. The largest absolute Gasteiger partial charge is 0.493 e. The van der Waals surface area contributed by atoms with E-state index < -0.39 is 0 Å². The Morgan fingerprint density at radius 1 is 1.27 bits per heavy atom. The molecule has 26 heavy (non-hydrogen) atoms. The topological polar surface area (TPSA) is 101 Å². The van der Waals surface area contributed by atoms with E-state index in [1.165, 1.54) is 7.11 Å². The highest BCUT2D eigenvalue weighted by Gasteiger charge is 2.16. The molecule has 8 nitrogen and oxygen atoms in total. The number of rotatable bonds is 9. The molecule has 1 aromatic carbocycles. The molecule has 0 aliphatic carbocycles. The Hall–Kier alpha value is -2.58. The molecule has 0 fully saturated rings. The first-order valence-electron chi connectivity index (χ1n) is 8.28. The summed E-state index contributed by atoms with van der Waals surface area (Å²) in [5, 5.41) is 7.25. The third kappa shape index (κ3) is 4.74. The number of aryl methyl sites for hydroxylation is 1. The Bertz CT molecular complexity index is 741. The van der Waals surface area contributed by atoms with Crippen LogP contribution < -0.4 is 20.5 Å². The maximum Gasteiger partial charge on any atom is 0.228 e. The molecular formula is C18H26N4O4. The fraction of sp³-hybridized carbons (Fsp3) is 0.444. The third-order valence-electron chi connectivity index (χ3n) is 4.07. The minimum atomic E-state index is -0.308. The zero-order chi connectivity index (χ0) is 19.1. The monoisotopic (exact) mass is 362 g/mol. The fourth-order valence-electron chi connectivity index (χ4n) is 2.57. The van der Waals surface area contributed by atoms with Crippen LogP contribution in [-0.4, -0.2) is 49.7 Å². The number of amides is 1. The van der Waals surface area contributed by atoms with Crippen LogP contribution in [0.5, 0.6) is 11.5 Å². The molecule has 2 aromatic rings. The number of benzene rings is 1. The number of carbonyl (C=O) groups is 1. The van der Waals surface area contributed by atoms with Crippen molar-refractivity contribution in [2.75, 3.05) is 33.2 Å². The number of anilines is 1. The average Bonchev–Trinajstić information content (AvgIpc) is 2.99. The maximum atomic E-state index is 12.3. The molecule has 0 bridgehead atoms. The van der Waals surface area contributed by atoms with Crippen molar-refractivity contribution in [3.8, 4) is 11.5 Å². The van der Waals surface area contributed by atoms with Gasteiger partial charge in [0.05, 0.1) is 39.5 Å². The van der Waals surface area contributed by atoms with E-state index in [-0.39, 0.29) is 25.0 Å². The number of ether oxygens (including phenoxy) is 3. The molecule has 0 saturated heterocycles. The Morgan fingerprint density at radius 2 is 2.00 bits per heavy atom. The summed E-state index contributed by atoms with van der Waals surface area (Å²) in [7, 11) is 4.73. The molecule has 3 N–H and O–H groups in total. The van der Waals surface area contributed by atoms with Gasteiger partial charge in [0.25, 0.3) is 0 Å². The highest BCUT2D eigenvalue weighted by molar-refractivity contribution is 5.90. The molecule has 8 heteroatoms. The van der Waals surface area contributed by atoms with Gasteiger partial charge in [-0.2, -0.15) is 5.10 Å². The zero-order valence-corrected chi connectivity index (χ0v) is 15.6. The lowest BCUT2D eigenvalue weighted by Gasteiger charge is -2.15. The minimum absolute atomic E-state index is 0.167. The van der Waals surface area contributed by atoms with Crippen LogP contribution in [0.3, 0.4) is 0 Å². The molecule has 1 unspecified atom stereocenters. The predicted octanol–water partition coefficient (Wildman–Crippen LogP) is 1.56. The van der Waals surface area contributed by atoms with Gasteiger partial charge in [-0.25, -0.2) is 4.68 Å². The number of methoxy groups -OCH3 is 3. The summed E-state index contributed by atoms with van der Waals surface area (Å²) in [4.78, 5) is 12.3. The van der Waals surface area contributed by atoms with E-state index >= 15 is 0 Å². The van der Waals surface area contributed by atoms with Crippen molar-refractivity contribution in [2.24, 2.45) is 5.73 Å². The third-order valence-corrected chi connectivity index (χ3v) is 4.07. The molecule has 1 aromatic heterocycles. The van der Waals surface area contributed by atoms with Gasteiger partial charge >= 0.3 is 0 Å². The number of nitrogens with two attached hydrogens (primary N) is 1. The molecule has 0 aliphatic rings. The summed E-state index contributed by atoms with van der Waals surface area (Å²) in [6, 6.07) is 5.66. The lowest BCUT2D eigenvalue weighted by molar-refractivity contribution is -0.118. The van der Waals surface area contributed by atoms with E-state index in [9.17, 15) is 4.79 Å². The second kappa shape index (κ2) is 9.21. The summed E-state index contributed by atoms with van der Waals surface area (Å²) < 4.78 is 17.5. The molecular weight excluding hydrogens is 336 g/mol. The van der Waals surface area contributed by atoms with E-state index in [4.69, 9.17) is 19.9 Å². The van der Waals surface area contributed by atoms with E-state index in [1.807, 2.05) is 25.1 Å². The summed E-state index contributed by atoms with van der Waals surface area (Å²) in [5.41, 5.74) is 7.42. The summed E-state index contributed by atoms with van der Waals surface area (Å²) in [6.45, 7) is 2.66. The van der Waals surface area contributed by atoms with E-state index in [0.717, 1.165) is 11.1 Å². The van der Waals surface area contributed by atoms with Crippen LogP contribution in [0.1, 0.15) is 17.5 Å². The highest BCUT2D eigenvalue weighted by atomic mass is 16.5. The van der Waals surface area contributed by atoms with Crippen molar-refractivity contribution in [2.45, 2.75) is 26.0 Å². The second-order valence-electron chi connectivity index (χ2n) is 5.87. The molecule has 2 rings (SSSR count). The molecule has 1 amide bonds. The summed E-state index contributed by atoms with van der Waals surface area (Å²) in [6.07, 6.45) is 1.60. The van der Waals surface area contributed by atoms with Crippen molar-refractivity contribution in [3.05, 3.63) is 35.5 Å². The van der Waals surface area contributed by atoms with Crippen LogP contribution in [0.15, 0.2) is 24.4 Å². The van der Waals surface area contributed by atoms with Crippen molar-refractivity contribution >= 4 is 11.7 Å². The molecule has 0 spiro atoms. The number of carbonyl (C=O) groups excluding carboxylic acids is 1. The van der Waals surface area contributed by atoms with Crippen LogP contribution in [0.2, 0.25) is 0 Å². The Balaban J connectivity index is 2.16. The Kier molecular flexibility index (Phi) is 6.99. The van der Waals surface area contributed by atoms with Crippen molar-refractivity contribution in [3.63, 3.8) is 0 Å². The predicted molar refractivity (Wildman–Crippen MR) is 98.7 cm³/mol. The highest BCUT2D eigenvalue weighted by Crippen LogP contribution is 2.28. The van der Waals surface area contributed by atoms with Gasteiger partial charge in [0.15, 0.2) is 11.5 Å². The molecule has 0 radical (unpaired) electrons. The van der Waals surface area contributed by atoms with E-state index in [0.29, 0.717) is 23.9 Å². The first kappa shape index (κ1) is 19.7. The normalized spacial score (nSPS) is 11.9. The SMILES string of the molecule is COc1ccc(Cn2ncc(C)c2NC(=O)CC(CN)OC)cc1OC. The number of nitrogens with one attached hydrogen (secondary N) is 1. The maximum absolute atomic E-state index is 12.3. The number of hydrogen-bond acceptors (Lipinski definition) is 6. The van der Waals surface area contributed by atoms with Crippen molar-refractivity contribution in [1.29, 1.82) is 0 Å². The van der Waals surface area contributed by atoms with Gasteiger partial charge in [0.1, 0.15) is 5.82 Å². The van der Waals surface area contributed by atoms with E-state index in [1.54, 1.807) is 25.1 Å². The lowest BCUT2D eigenvalue weighted by Crippen LogP contribution is -2.28. The standard InChI is InChI=1S/C18H26N4O4/c1-12-10-20-22(18(12)21-17(23)8-14(9-19)24-2)11-13-5-6-15(25-3)16(7-13)26-4/h5-7,10,14H,8-9,11,19H2,1-4H3,(H,21,23).